The highest BCUT2D eigenvalue weighted by atomic mass is 15.4. The molecule has 0 bridgehead atoms. The van der Waals surface area contributed by atoms with E-state index in [1.54, 1.807) is 12.3 Å². The van der Waals surface area contributed by atoms with Gasteiger partial charge in [0.1, 0.15) is 5.82 Å². The maximum atomic E-state index is 5.82. The fourth-order valence-corrected chi connectivity index (χ4v) is 3.99. The molecule has 2 aliphatic heterocycles. The summed E-state index contributed by atoms with van der Waals surface area (Å²) >= 11 is 0. The molecule has 6 nitrogen and oxygen atoms in total. The van der Waals surface area contributed by atoms with Crippen molar-refractivity contribution in [3.05, 3.63) is 48.2 Å². The van der Waals surface area contributed by atoms with Gasteiger partial charge in [0.25, 0.3) is 0 Å². The molecular weight excluding hydrogens is 300 g/mol. The van der Waals surface area contributed by atoms with Crippen LogP contribution in [-0.2, 0) is 0 Å². The average Bonchev–Trinajstić information content (AvgIpc) is 3.12. The van der Waals surface area contributed by atoms with E-state index in [2.05, 4.69) is 56.1 Å². The molecule has 0 amide bonds. The third-order valence-electron chi connectivity index (χ3n) is 5.16. The van der Waals surface area contributed by atoms with Crippen LogP contribution in [0, 0.1) is 5.92 Å². The summed E-state index contributed by atoms with van der Waals surface area (Å²) in [6, 6.07) is 12.9. The van der Waals surface area contributed by atoms with E-state index in [1.165, 1.54) is 12.0 Å². The number of nitrogens with two attached hydrogens (primary N) is 1. The number of hydrogen-bond acceptors (Lipinski definition) is 6. The topological polar surface area (TPSA) is 79.1 Å². The van der Waals surface area contributed by atoms with Crippen LogP contribution < -0.4 is 21.5 Å². The minimum Gasteiger partial charge on any atom is -0.384 e. The van der Waals surface area contributed by atoms with Crippen LogP contribution in [0.15, 0.2) is 42.6 Å². The van der Waals surface area contributed by atoms with Crippen molar-refractivity contribution in [3.63, 3.8) is 0 Å². The minimum absolute atomic E-state index is 0.427. The van der Waals surface area contributed by atoms with Crippen molar-refractivity contribution < 1.29 is 0 Å². The van der Waals surface area contributed by atoms with E-state index in [9.17, 15) is 0 Å². The molecule has 126 valence electrons. The van der Waals surface area contributed by atoms with E-state index in [0.717, 1.165) is 32.0 Å². The van der Waals surface area contributed by atoms with E-state index in [1.807, 2.05) is 0 Å². The number of hydrazine groups is 1. The summed E-state index contributed by atoms with van der Waals surface area (Å²) in [5.41, 5.74) is 14.1. The number of benzene rings is 1. The third-order valence-corrected chi connectivity index (χ3v) is 5.16. The first-order valence-corrected chi connectivity index (χ1v) is 8.68. The molecule has 24 heavy (non-hydrogen) atoms. The van der Waals surface area contributed by atoms with Crippen LogP contribution in [0.25, 0.3) is 0 Å². The lowest BCUT2D eigenvalue weighted by Gasteiger charge is -2.37. The maximum absolute atomic E-state index is 5.82. The zero-order valence-electron chi connectivity index (χ0n) is 13.7. The van der Waals surface area contributed by atoms with Gasteiger partial charge in [0.2, 0.25) is 5.95 Å². The molecule has 2 aromatic rings. The van der Waals surface area contributed by atoms with E-state index in [4.69, 9.17) is 5.73 Å². The molecular formula is C18H24N6. The van der Waals surface area contributed by atoms with Crippen molar-refractivity contribution >= 4 is 11.8 Å². The first kappa shape index (κ1) is 15.4. The van der Waals surface area contributed by atoms with E-state index in [0.29, 0.717) is 23.7 Å². The number of aromatic nitrogens is 2. The summed E-state index contributed by atoms with van der Waals surface area (Å²) in [6.45, 7) is 2.93. The number of piperidine rings is 1. The fourth-order valence-electron chi connectivity index (χ4n) is 3.99. The standard InChI is InChI=1S/C18H24N6/c19-16-8-9-20-18(22-16)24-10-4-7-14(12-24)17-15(11-21-23-17)13-5-2-1-3-6-13/h1-3,5-6,8-9,14-15,17,21,23H,4,7,10-12H2,(H2,19,20,22). The third kappa shape index (κ3) is 3.07. The molecule has 2 aliphatic rings. The van der Waals surface area contributed by atoms with Crippen LogP contribution in [-0.4, -0.2) is 35.6 Å². The number of anilines is 2. The molecule has 2 fully saturated rings. The van der Waals surface area contributed by atoms with E-state index < -0.39 is 0 Å². The van der Waals surface area contributed by atoms with E-state index in [-0.39, 0.29) is 0 Å². The highest BCUT2D eigenvalue weighted by Gasteiger charge is 2.37. The SMILES string of the molecule is Nc1ccnc(N2CCCC(C3NNCC3c3ccccc3)C2)n1. The van der Waals surface area contributed by atoms with E-state index >= 15 is 0 Å². The Bertz CT molecular complexity index is 676. The molecule has 0 radical (unpaired) electrons. The number of nitrogens with one attached hydrogen (secondary N) is 2. The highest BCUT2D eigenvalue weighted by Crippen LogP contribution is 2.32. The number of nitrogen functional groups attached to an aromatic ring is 1. The van der Waals surface area contributed by atoms with Gasteiger partial charge < -0.3 is 10.6 Å². The van der Waals surface area contributed by atoms with Crippen LogP contribution in [0.3, 0.4) is 0 Å². The number of hydrogen-bond donors (Lipinski definition) is 3. The quantitative estimate of drug-likeness (QED) is 0.795. The number of nitrogens with zero attached hydrogens (tertiary/aromatic N) is 3. The Morgan fingerprint density at radius 2 is 2.04 bits per heavy atom. The molecule has 0 aliphatic carbocycles. The monoisotopic (exact) mass is 324 g/mol. The lowest BCUT2D eigenvalue weighted by Crippen LogP contribution is -2.47. The van der Waals surface area contributed by atoms with Crippen molar-refractivity contribution in [1.82, 2.24) is 20.8 Å². The summed E-state index contributed by atoms with van der Waals surface area (Å²) in [6.07, 6.45) is 4.12. The molecule has 2 saturated heterocycles. The summed E-state index contributed by atoms with van der Waals surface area (Å²) in [4.78, 5) is 11.1. The largest absolute Gasteiger partial charge is 0.384 e. The van der Waals surface area contributed by atoms with Gasteiger partial charge in [0.15, 0.2) is 0 Å². The van der Waals surface area contributed by atoms with Gasteiger partial charge in [-0.2, -0.15) is 4.98 Å². The molecule has 4 rings (SSSR count). The second-order valence-electron chi connectivity index (χ2n) is 6.70. The van der Waals surface area contributed by atoms with Gasteiger partial charge in [0, 0.05) is 37.8 Å². The Kier molecular flexibility index (Phi) is 4.32. The predicted molar refractivity (Wildman–Crippen MR) is 95.5 cm³/mol. The molecule has 3 atom stereocenters. The van der Waals surface area contributed by atoms with Gasteiger partial charge in [-0.05, 0) is 30.4 Å². The normalized spacial score (nSPS) is 27.3. The van der Waals surface area contributed by atoms with Gasteiger partial charge in [-0.3, -0.25) is 10.9 Å². The average molecular weight is 324 g/mol. The maximum Gasteiger partial charge on any atom is 0.227 e. The summed E-state index contributed by atoms with van der Waals surface area (Å²) in [5.74, 6) is 2.34. The first-order chi connectivity index (χ1) is 11.8. The Morgan fingerprint density at radius 3 is 2.88 bits per heavy atom. The molecule has 3 unspecified atom stereocenters. The molecule has 4 N–H and O–H groups in total. The summed E-state index contributed by atoms with van der Waals surface area (Å²) < 4.78 is 0. The van der Waals surface area contributed by atoms with Crippen molar-refractivity contribution in [1.29, 1.82) is 0 Å². The Hall–Kier alpha value is -2.18. The second kappa shape index (κ2) is 6.75. The highest BCUT2D eigenvalue weighted by molar-refractivity contribution is 5.38. The van der Waals surface area contributed by atoms with Crippen LogP contribution in [0.5, 0.6) is 0 Å². The van der Waals surface area contributed by atoms with Crippen LogP contribution >= 0.6 is 0 Å². The van der Waals surface area contributed by atoms with Gasteiger partial charge in [-0.25, -0.2) is 4.98 Å². The van der Waals surface area contributed by atoms with Crippen LogP contribution in [0.4, 0.5) is 11.8 Å². The Morgan fingerprint density at radius 1 is 1.17 bits per heavy atom. The van der Waals surface area contributed by atoms with Gasteiger partial charge in [-0.1, -0.05) is 30.3 Å². The lowest BCUT2D eigenvalue weighted by molar-refractivity contribution is 0.303. The van der Waals surface area contributed by atoms with Crippen molar-refractivity contribution in [2.75, 3.05) is 30.3 Å². The molecule has 1 aromatic carbocycles. The zero-order chi connectivity index (χ0) is 16.4. The van der Waals surface area contributed by atoms with Crippen LogP contribution in [0.1, 0.15) is 24.3 Å². The fraction of sp³-hybridized carbons (Fsp3) is 0.444. The molecule has 3 heterocycles. The Balaban J connectivity index is 1.51. The first-order valence-electron chi connectivity index (χ1n) is 8.68. The van der Waals surface area contributed by atoms with Crippen molar-refractivity contribution in [3.8, 4) is 0 Å². The Labute approximate surface area is 142 Å². The minimum atomic E-state index is 0.427. The zero-order valence-corrected chi connectivity index (χ0v) is 13.7. The lowest BCUT2D eigenvalue weighted by atomic mass is 9.81. The molecule has 6 heteroatoms. The summed E-state index contributed by atoms with van der Waals surface area (Å²) in [5, 5.41) is 0. The molecule has 1 aromatic heterocycles. The van der Waals surface area contributed by atoms with Crippen molar-refractivity contribution in [2.24, 2.45) is 5.92 Å². The molecule has 0 spiro atoms. The van der Waals surface area contributed by atoms with Gasteiger partial charge in [0.05, 0.1) is 0 Å². The van der Waals surface area contributed by atoms with Gasteiger partial charge in [-0.15, -0.1) is 0 Å². The summed E-state index contributed by atoms with van der Waals surface area (Å²) in [7, 11) is 0. The second-order valence-corrected chi connectivity index (χ2v) is 6.70. The smallest absolute Gasteiger partial charge is 0.227 e. The van der Waals surface area contributed by atoms with Crippen LogP contribution in [0.2, 0.25) is 0 Å². The predicted octanol–water partition coefficient (Wildman–Crippen LogP) is 1.54. The molecule has 0 saturated carbocycles. The number of rotatable bonds is 3. The van der Waals surface area contributed by atoms with Gasteiger partial charge >= 0.3 is 0 Å². The van der Waals surface area contributed by atoms with Crippen molar-refractivity contribution in [2.45, 2.75) is 24.8 Å².